The van der Waals surface area contributed by atoms with Crippen molar-refractivity contribution in [1.29, 1.82) is 0 Å². The Morgan fingerprint density at radius 1 is 1.31 bits per heavy atom. The number of hydrogen-bond donors (Lipinski definition) is 2. The molecular formula is C17H21N3O6. The fourth-order valence-electron chi connectivity index (χ4n) is 2.77. The number of benzene rings is 1. The number of para-hydroxylation sites is 1. The van der Waals surface area contributed by atoms with Crippen molar-refractivity contribution in [3.8, 4) is 5.75 Å². The van der Waals surface area contributed by atoms with Gasteiger partial charge in [-0.2, -0.15) is 4.98 Å². The van der Waals surface area contributed by atoms with E-state index in [1.54, 1.807) is 12.1 Å². The fourth-order valence-corrected chi connectivity index (χ4v) is 2.77. The molecule has 9 heteroatoms. The summed E-state index contributed by atoms with van der Waals surface area (Å²) in [5.41, 5.74) is 4.88. The van der Waals surface area contributed by atoms with Gasteiger partial charge in [-0.05, 0) is 18.2 Å². The van der Waals surface area contributed by atoms with Crippen molar-refractivity contribution in [2.24, 2.45) is 0 Å². The minimum Gasteiger partial charge on any atom is -0.468 e. The van der Waals surface area contributed by atoms with Crippen molar-refractivity contribution in [3.05, 3.63) is 53.1 Å². The molecule has 1 saturated heterocycles. The minimum atomic E-state index is -1.11. The summed E-state index contributed by atoms with van der Waals surface area (Å²) in [6.07, 6.45) is -1.97. The zero-order valence-corrected chi connectivity index (χ0v) is 14.2. The highest BCUT2D eigenvalue weighted by atomic mass is 16.7. The lowest BCUT2D eigenvalue weighted by Crippen LogP contribution is -2.38. The molecule has 1 aliphatic heterocycles. The van der Waals surface area contributed by atoms with Crippen LogP contribution in [0, 0.1) is 0 Å². The van der Waals surface area contributed by atoms with E-state index >= 15 is 0 Å². The van der Waals surface area contributed by atoms with Crippen LogP contribution in [0.5, 0.6) is 5.75 Å². The van der Waals surface area contributed by atoms with Crippen LogP contribution in [0.1, 0.15) is 6.23 Å². The number of nitrogen functional groups attached to an aromatic ring is 1. The molecule has 0 saturated carbocycles. The lowest BCUT2D eigenvalue weighted by Gasteiger charge is -2.20. The summed E-state index contributed by atoms with van der Waals surface area (Å²) in [5, 5.41) is 10.6. The molecule has 3 N–H and O–H groups in total. The number of aromatic nitrogens is 2. The first-order valence-electron chi connectivity index (χ1n) is 8.06. The van der Waals surface area contributed by atoms with Gasteiger partial charge in [-0.1, -0.05) is 18.2 Å². The molecule has 2 aromatic rings. The van der Waals surface area contributed by atoms with Gasteiger partial charge in [-0.3, -0.25) is 4.57 Å². The number of rotatable bonds is 7. The lowest BCUT2D eigenvalue weighted by molar-refractivity contribution is -0.102. The van der Waals surface area contributed by atoms with Gasteiger partial charge in [0.25, 0.3) is 0 Å². The van der Waals surface area contributed by atoms with E-state index in [1.807, 2.05) is 18.2 Å². The molecule has 0 amide bonds. The summed E-state index contributed by atoms with van der Waals surface area (Å²) < 4.78 is 23.2. The first kappa shape index (κ1) is 18.3. The molecule has 2 heterocycles. The van der Waals surface area contributed by atoms with Gasteiger partial charge in [0, 0.05) is 13.3 Å². The van der Waals surface area contributed by atoms with E-state index in [0.29, 0.717) is 5.75 Å². The van der Waals surface area contributed by atoms with Gasteiger partial charge in [0.2, 0.25) is 0 Å². The molecule has 0 spiro atoms. The summed E-state index contributed by atoms with van der Waals surface area (Å²) in [7, 11) is 1.51. The Hall–Kier alpha value is -2.46. The number of nitrogens with zero attached hydrogens (tertiary/aromatic N) is 2. The van der Waals surface area contributed by atoms with Crippen LogP contribution in [0.4, 0.5) is 5.82 Å². The van der Waals surface area contributed by atoms with E-state index in [9.17, 15) is 9.90 Å². The molecule has 1 fully saturated rings. The third-order valence-electron chi connectivity index (χ3n) is 4.00. The van der Waals surface area contributed by atoms with E-state index in [4.69, 9.17) is 24.7 Å². The normalized spacial score (nSPS) is 25.3. The Balaban J connectivity index is 1.70. The number of nitrogens with two attached hydrogens (primary N) is 1. The van der Waals surface area contributed by atoms with Crippen molar-refractivity contribution in [2.75, 3.05) is 26.2 Å². The topological polar surface area (TPSA) is 118 Å². The Kier molecular flexibility index (Phi) is 5.84. The highest BCUT2D eigenvalue weighted by Gasteiger charge is 2.46. The van der Waals surface area contributed by atoms with Crippen molar-refractivity contribution in [3.63, 3.8) is 0 Å². The van der Waals surface area contributed by atoms with Gasteiger partial charge >= 0.3 is 5.69 Å². The van der Waals surface area contributed by atoms with Gasteiger partial charge in [0.1, 0.15) is 29.9 Å². The van der Waals surface area contributed by atoms with Gasteiger partial charge in [-0.15, -0.1) is 0 Å². The maximum Gasteiger partial charge on any atom is 0.351 e. The number of ether oxygens (including phenoxy) is 4. The standard InChI is InChI=1S/C17H21N3O6/c1-23-9-12-15(25-10-24-11-5-3-2-4-6-11)14(21)16(26-12)20-8-7-13(18)19-17(20)22/h2-8,12,14-16,21H,9-10H2,1H3,(H2,18,19,22). The van der Waals surface area contributed by atoms with Crippen LogP contribution >= 0.6 is 0 Å². The monoisotopic (exact) mass is 363 g/mol. The van der Waals surface area contributed by atoms with Crippen LogP contribution in [0.15, 0.2) is 47.4 Å². The Morgan fingerprint density at radius 2 is 2.08 bits per heavy atom. The van der Waals surface area contributed by atoms with E-state index in [0.717, 1.165) is 0 Å². The number of anilines is 1. The highest BCUT2D eigenvalue weighted by Crippen LogP contribution is 2.30. The molecular weight excluding hydrogens is 342 g/mol. The quantitative estimate of drug-likeness (QED) is 0.668. The lowest BCUT2D eigenvalue weighted by atomic mass is 10.1. The minimum absolute atomic E-state index is 0.0864. The molecule has 3 rings (SSSR count). The van der Waals surface area contributed by atoms with Crippen molar-refractivity contribution in [2.45, 2.75) is 24.5 Å². The van der Waals surface area contributed by atoms with Crippen LogP contribution in [0.2, 0.25) is 0 Å². The predicted molar refractivity (Wildman–Crippen MR) is 91.5 cm³/mol. The number of methoxy groups -OCH3 is 1. The molecule has 0 bridgehead atoms. The summed E-state index contributed by atoms with van der Waals surface area (Å²) in [4.78, 5) is 15.7. The maximum atomic E-state index is 12.0. The SMILES string of the molecule is COCC1OC(n2ccc(N)nc2=O)C(O)C1OCOc1ccccc1. The molecule has 4 unspecified atom stereocenters. The Labute approximate surface area is 149 Å². The second kappa shape index (κ2) is 8.28. The van der Waals surface area contributed by atoms with Gasteiger partial charge in [0.15, 0.2) is 13.0 Å². The number of aliphatic hydroxyl groups is 1. The van der Waals surface area contributed by atoms with E-state index in [-0.39, 0.29) is 19.2 Å². The average Bonchev–Trinajstić information content (AvgIpc) is 2.92. The van der Waals surface area contributed by atoms with Crippen LogP contribution < -0.4 is 16.2 Å². The summed E-state index contributed by atoms with van der Waals surface area (Å²) in [6.45, 7) is 0.0949. The van der Waals surface area contributed by atoms with Crippen LogP contribution in [-0.4, -0.2) is 53.5 Å². The molecule has 0 radical (unpaired) electrons. The zero-order chi connectivity index (χ0) is 18.5. The zero-order valence-electron chi connectivity index (χ0n) is 14.2. The summed E-state index contributed by atoms with van der Waals surface area (Å²) in [5.74, 6) is 0.732. The van der Waals surface area contributed by atoms with E-state index in [1.165, 1.54) is 23.9 Å². The molecule has 1 aromatic heterocycles. The Morgan fingerprint density at radius 3 is 2.77 bits per heavy atom. The average molecular weight is 363 g/mol. The fraction of sp³-hybridized carbons (Fsp3) is 0.412. The van der Waals surface area contributed by atoms with E-state index < -0.39 is 30.2 Å². The van der Waals surface area contributed by atoms with Crippen LogP contribution in [0.3, 0.4) is 0 Å². The van der Waals surface area contributed by atoms with Crippen LogP contribution in [-0.2, 0) is 14.2 Å². The first-order valence-corrected chi connectivity index (χ1v) is 8.06. The number of aliphatic hydroxyl groups excluding tert-OH is 1. The molecule has 140 valence electrons. The molecule has 0 aliphatic carbocycles. The van der Waals surface area contributed by atoms with Gasteiger partial charge in [-0.25, -0.2) is 4.79 Å². The summed E-state index contributed by atoms with van der Waals surface area (Å²) >= 11 is 0. The summed E-state index contributed by atoms with van der Waals surface area (Å²) in [6, 6.07) is 10.6. The van der Waals surface area contributed by atoms with E-state index in [2.05, 4.69) is 4.98 Å². The van der Waals surface area contributed by atoms with Gasteiger partial charge < -0.3 is 29.8 Å². The van der Waals surface area contributed by atoms with Gasteiger partial charge in [0.05, 0.1) is 6.61 Å². The Bertz CT molecular complexity index is 769. The largest absolute Gasteiger partial charge is 0.468 e. The molecule has 4 atom stereocenters. The second-order valence-electron chi connectivity index (χ2n) is 5.76. The molecule has 1 aliphatic rings. The second-order valence-corrected chi connectivity index (χ2v) is 5.76. The predicted octanol–water partition coefficient (Wildman–Crippen LogP) is 0.152. The molecule has 1 aromatic carbocycles. The third kappa shape index (κ3) is 4.02. The first-order chi connectivity index (χ1) is 12.6. The maximum absolute atomic E-state index is 12.0. The smallest absolute Gasteiger partial charge is 0.351 e. The van der Waals surface area contributed by atoms with Crippen LogP contribution in [0.25, 0.3) is 0 Å². The van der Waals surface area contributed by atoms with Crippen molar-refractivity contribution >= 4 is 5.82 Å². The molecule has 26 heavy (non-hydrogen) atoms. The third-order valence-corrected chi connectivity index (χ3v) is 4.00. The highest BCUT2D eigenvalue weighted by molar-refractivity contribution is 5.23. The molecule has 9 nitrogen and oxygen atoms in total. The van der Waals surface area contributed by atoms with Crippen molar-refractivity contribution < 1.29 is 24.1 Å². The van der Waals surface area contributed by atoms with Crippen molar-refractivity contribution in [1.82, 2.24) is 9.55 Å². The number of hydrogen-bond acceptors (Lipinski definition) is 8.